The lowest BCUT2D eigenvalue weighted by Gasteiger charge is -2.15. The normalized spacial score (nSPS) is 12.1. The highest BCUT2D eigenvalue weighted by Gasteiger charge is 2.19. The third-order valence-electron chi connectivity index (χ3n) is 2.83. The molecule has 0 aliphatic rings. The Kier molecular flexibility index (Phi) is 5.15. The Hall–Kier alpha value is -1.85. The molecule has 0 fully saturated rings. The number of benzene rings is 1. The molecule has 0 bridgehead atoms. The number of aliphatic carboxylic acids is 1. The Morgan fingerprint density at radius 1 is 1.35 bits per heavy atom. The molecule has 0 aliphatic carbocycles. The van der Waals surface area contributed by atoms with Crippen LogP contribution in [0.15, 0.2) is 41.8 Å². The summed E-state index contributed by atoms with van der Waals surface area (Å²) in [5.74, 6) is -0.135. The highest BCUT2D eigenvalue weighted by molar-refractivity contribution is 7.09. The van der Waals surface area contributed by atoms with Crippen molar-refractivity contribution in [3.8, 4) is 5.75 Å². The minimum Gasteiger partial charge on any atom is -0.494 e. The van der Waals surface area contributed by atoms with Crippen LogP contribution in [0.5, 0.6) is 5.75 Å². The summed E-state index contributed by atoms with van der Waals surface area (Å²) in [5.41, 5.74) is 0.720. The number of ether oxygens (including phenoxy) is 1. The number of carboxylic acid groups (broad SMARTS) is 1. The largest absolute Gasteiger partial charge is 0.494 e. The second-order valence-corrected chi connectivity index (χ2v) is 5.27. The van der Waals surface area contributed by atoms with Crippen LogP contribution in [0.2, 0.25) is 0 Å². The fraction of sp³-hybridized carbons (Fsp3) is 0.267. The minimum atomic E-state index is -0.884. The van der Waals surface area contributed by atoms with E-state index in [0.717, 1.165) is 16.2 Å². The summed E-state index contributed by atoms with van der Waals surface area (Å²) >= 11 is 1.61. The third-order valence-corrected chi connectivity index (χ3v) is 3.71. The number of thiophene rings is 1. The monoisotopic (exact) mass is 291 g/mol. The molecule has 1 aromatic heterocycles. The lowest BCUT2D eigenvalue weighted by molar-refractivity contribution is -0.139. The van der Waals surface area contributed by atoms with Gasteiger partial charge in [0, 0.05) is 11.4 Å². The van der Waals surface area contributed by atoms with Crippen molar-refractivity contribution in [2.75, 3.05) is 6.61 Å². The van der Waals surface area contributed by atoms with Crippen LogP contribution in [-0.4, -0.2) is 17.7 Å². The first-order valence-electron chi connectivity index (χ1n) is 6.42. The summed E-state index contributed by atoms with van der Waals surface area (Å²) in [7, 11) is 0. The maximum Gasteiger partial charge on any atom is 0.325 e. The van der Waals surface area contributed by atoms with Gasteiger partial charge >= 0.3 is 5.97 Å². The van der Waals surface area contributed by atoms with Gasteiger partial charge in [-0.25, -0.2) is 0 Å². The van der Waals surface area contributed by atoms with Gasteiger partial charge in [-0.2, -0.15) is 0 Å². The van der Waals surface area contributed by atoms with Crippen LogP contribution in [0, 0.1) is 0 Å². The van der Waals surface area contributed by atoms with Crippen molar-refractivity contribution < 1.29 is 14.6 Å². The van der Waals surface area contributed by atoms with Crippen molar-refractivity contribution in [3.05, 3.63) is 52.2 Å². The highest BCUT2D eigenvalue weighted by atomic mass is 32.1. The van der Waals surface area contributed by atoms with Crippen LogP contribution < -0.4 is 10.1 Å². The molecular weight excluding hydrogens is 274 g/mol. The van der Waals surface area contributed by atoms with Gasteiger partial charge < -0.3 is 9.84 Å². The number of hydrogen-bond donors (Lipinski definition) is 2. The Balaban J connectivity index is 2.05. The van der Waals surface area contributed by atoms with Crippen LogP contribution in [0.3, 0.4) is 0 Å². The van der Waals surface area contributed by atoms with E-state index < -0.39 is 12.0 Å². The predicted octanol–water partition coefficient (Wildman–Crippen LogP) is 3.06. The molecule has 0 saturated carbocycles. The summed E-state index contributed by atoms with van der Waals surface area (Å²) in [6.45, 7) is 3.05. The van der Waals surface area contributed by atoms with Crippen molar-refractivity contribution in [2.45, 2.75) is 19.5 Å². The fourth-order valence-corrected chi connectivity index (χ4v) is 2.54. The van der Waals surface area contributed by atoms with Crippen LogP contribution in [0.25, 0.3) is 0 Å². The standard InChI is InChI=1S/C15H17NO3S/c1-2-19-12-7-5-11(6-8-12)14(15(17)18)16-10-13-4-3-9-20-13/h3-9,14,16H,2,10H2,1H3,(H,17,18). The Morgan fingerprint density at radius 2 is 2.10 bits per heavy atom. The second kappa shape index (κ2) is 7.07. The quantitative estimate of drug-likeness (QED) is 0.823. The molecule has 4 nitrogen and oxygen atoms in total. The van der Waals surface area contributed by atoms with E-state index in [1.807, 2.05) is 24.4 Å². The van der Waals surface area contributed by atoms with Crippen molar-refractivity contribution in [2.24, 2.45) is 0 Å². The van der Waals surface area contributed by atoms with Gasteiger partial charge in [0.15, 0.2) is 0 Å². The fourth-order valence-electron chi connectivity index (χ4n) is 1.89. The number of rotatable bonds is 7. The third kappa shape index (κ3) is 3.82. The Morgan fingerprint density at radius 3 is 2.65 bits per heavy atom. The van der Waals surface area contributed by atoms with E-state index in [4.69, 9.17) is 4.74 Å². The van der Waals surface area contributed by atoms with Crippen LogP contribution in [-0.2, 0) is 11.3 Å². The van der Waals surface area contributed by atoms with Crippen molar-refractivity contribution in [1.82, 2.24) is 5.32 Å². The molecule has 1 aromatic carbocycles. The first-order valence-corrected chi connectivity index (χ1v) is 7.30. The lowest BCUT2D eigenvalue weighted by atomic mass is 10.1. The first-order chi connectivity index (χ1) is 9.70. The molecule has 0 radical (unpaired) electrons. The maximum absolute atomic E-state index is 11.4. The van der Waals surface area contributed by atoms with Gasteiger partial charge in [-0.05, 0) is 36.1 Å². The number of hydrogen-bond acceptors (Lipinski definition) is 4. The number of nitrogens with one attached hydrogen (secondary N) is 1. The molecule has 0 saturated heterocycles. The zero-order valence-corrected chi connectivity index (χ0v) is 12.0. The summed E-state index contributed by atoms with van der Waals surface area (Å²) in [6.07, 6.45) is 0. The van der Waals surface area contributed by atoms with Crippen molar-refractivity contribution in [3.63, 3.8) is 0 Å². The van der Waals surface area contributed by atoms with E-state index >= 15 is 0 Å². The average molecular weight is 291 g/mol. The van der Waals surface area contributed by atoms with Crippen LogP contribution in [0.4, 0.5) is 0 Å². The molecule has 1 unspecified atom stereocenters. The maximum atomic E-state index is 11.4. The van der Waals surface area contributed by atoms with Crippen LogP contribution >= 0.6 is 11.3 Å². The molecule has 106 valence electrons. The summed E-state index contributed by atoms with van der Waals surface area (Å²) in [5, 5.41) is 14.4. The molecule has 1 atom stereocenters. The molecule has 0 aliphatic heterocycles. The van der Waals surface area contributed by atoms with Crippen LogP contribution in [0.1, 0.15) is 23.4 Å². The van der Waals surface area contributed by atoms with Gasteiger partial charge in [-0.3, -0.25) is 10.1 Å². The molecule has 2 rings (SSSR count). The van der Waals surface area contributed by atoms with E-state index in [9.17, 15) is 9.90 Å². The zero-order chi connectivity index (χ0) is 14.4. The van der Waals surface area contributed by atoms with E-state index in [1.54, 1.807) is 35.6 Å². The zero-order valence-electron chi connectivity index (χ0n) is 11.2. The molecule has 0 spiro atoms. The Bertz CT molecular complexity index is 537. The van der Waals surface area contributed by atoms with Gasteiger partial charge in [0.2, 0.25) is 0 Å². The van der Waals surface area contributed by atoms with Gasteiger partial charge in [0.1, 0.15) is 11.8 Å². The number of carboxylic acids is 1. The first kappa shape index (κ1) is 14.6. The molecule has 1 heterocycles. The Labute approximate surface area is 122 Å². The summed E-state index contributed by atoms with van der Waals surface area (Å²) in [4.78, 5) is 12.5. The van der Waals surface area contributed by atoms with E-state index in [2.05, 4.69) is 5.32 Å². The predicted molar refractivity (Wildman–Crippen MR) is 79.1 cm³/mol. The van der Waals surface area contributed by atoms with Gasteiger partial charge in [0.25, 0.3) is 0 Å². The highest BCUT2D eigenvalue weighted by Crippen LogP contribution is 2.19. The van der Waals surface area contributed by atoms with Gasteiger partial charge in [-0.15, -0.1) is 11.3 Å². The lowest BCUT2D eigenvalue weighted by Crippen LogP contribution is -2.27. The van der Waals surface area contributed by atoms with E-state index in [0.29, 0.717) is 13.2 Å². The average Bonchev–Trinajstić information content (AvgIpc) is 2.94. The number of carbonyl (C=O) groups is 1. The summed E-state index contributed by atoms with van der Waals surface area (Å²) in [6, 6.07) is 10.4. The van der Waals surface area contributed by atoms with Gasteiger partial charge in [0.05, 0.1) is 6.61 Å². The van der Waals surface area contributed by atoms with E-state index in [1.165, 1.54) is 0 Å². The second-order valence-electron chi connectivity index (χ2n) is 4.23. The topological polar surface area (TPSA) is 58.6 Å². The molecule has 5 heteroatoms. The van der Waals surface area contributed by atoms with Gasteiger partial charge in [-0.1, -0.05) is 18.2 Å². The minimum absolute atomic E-state index is 0.543. The molecule has 2 N–H and O–H groups in total. The van der Waals surface area contributed by atoms with Crippen molar-refractivity contribution in [1.29, 1.82) is 0 Å². The molecular formula is C15H17NO3S. The smallest absolute Gasteiger partial charge is 0.325 e. The summed E-state index contributed by atoms with van der Waals surface area (Å²) < 4.78 is 5.35. The van der Waals surface area contributed by atoms with E-state index in [-0.39, 0.29) is 0 Å². The van der Waals surface area contributed by atoms with Crippen molar-refractivity contribution >= 4 is 17.3 Å². The molecule has 2 aromatic rings. The molecule has 20 heavy (non-hydrogen) atoms. The molecule has 0 amide bonds. The SMILES string of the molecule is CCOc1ccc(C(NCc2cccs2)C(=O)O)cc1.